The summed E-state index contributed by atoms with van der Waals surface area (Å²) in [5.74, 6) is -0.506. The molecular weight excluding hydrogens is 426 g/mol. The van der Waals surface area contributed by atoms with Gasteiger partial charge in [0, 0.05) is 30.7 Å². The number of likely N-dealkylation sites (N-methyl/N-ethyl adjacent to an activating group) is 1. The fourth-order valence-electron chi connectivity index (χ4n) is 3.02. The summed E-state index contributed by atoms with van der Waals surface area (Å²) in [6.45, 7) is 1.55. The maximum atomic E-state index is 13.0. The van der Waals surface area contributed by atoms with Crippen LogP contribution < -0.4 is 14.8 Å². The third-order valence-electron chi connectivity index (χ3n) is 4.64. The fourth-order valence-corrected chi connectivity index (χ4v) is 3.22. The lowest BCUT2D eigenvalue weighted by molar-refractivity contribution is -0.385. The number of ether oxygens (including phenoxy) is 2. The highest BCUT2D eigenvalue weighted by molar-refractivity contribution is 6.31. The van der Waals surface area contributed by atoms with Gasteiger partial charge in [-0.3, -0.25) is 19.7 Å². The number of nitro groups is 1. The fraction of sp³-hybridized carbons (Fsp3) is 0.333. The van der Waals surface area contributed by atoms with Gasteiger partial charge >= 0.3 is 5.69 Å². The summed E-state index contributed by atoms with van der Waals surface area (Å²) in [5, 5.41) is 14.1. The van der Waals surface area contributed by atoms with Crippen LogP contribution in [0.25, 0.3) is 0 Å². The molecule has 2 aromatic rings. The van der Waals surface area contributed by atoms with Gasteiger partial charge in [-0.1, -0.05) is 36.7 Å². The van der Waals surface area contributed by atoms with Gasteiger partial charge in [-0.05, 0) is 24.1 Å². The summed E-state index contributed by atoms with van der Waals surface area (Å²) in [6.07, 6.45) is 0.390. The van der Waals surface area contributed by atoms with E-state index in [2.05, 4.69) is 5.32 Å². The Labute approximate surface area is 185 Å². The number of rotatable bonds is 10. The predicted octanol–water partition coefficient (Wildman–Crippen LogP) is 3.19. The first-order valence-corrected chi connectivity index (χ1v) is 9.89. The minimum atomic E-state index is -0.719. The molecule has 0 saturated carbocycles. The number of halogens is 1. The molecule has 0 aromatic heterocycles. The molecule has 0 heterocycles. The van der Waals surface area contributed by atoms with Gasteiger partial charge in [-0.2, -0.15) is 0 Å². The van der Waals surface area contributed by atoms with Crippen molar-refractivity contribution in [3.63, 3.8) is 0 Å². The molecule has 31 heavy (non-hydrogen) atoms. The molecule has 166 valence electrons. The van der Waals surface area contributed by atoms with Crippen LogP contribution in [0.3, 0.4) is 0 Å². The Balaban J connectivity index is 2.23. The van der Waals surface area contributed by atoms with E-state index in [1.165, 1.54) is 37.3 Å². The molecule has 1 N–H and O–H groups in total. The number of hydrogen-bond donors (Lipinski definition) is 1. The van der Waals surface area contributed by atoms with Crippen molar-refractivity contribution < 1.29 is 24.0 Å². The van der Waals surface area contributed by atoms with E-state index in [1.807, 2.05) is 0 Å². The van der Waals surface area contributed by atoms with Crippen molar-refractivity contribution >= 4 is 29.1 Å². The van der Waals surface area contributed by atoms with Crippen molar-refractivity contribution in [1.82, 2.24) is 10.2 Å². The van der Waals surface area contributed by atoms with Crippen molar-refractivity contribution in [2.75, 3.05) is 20.8 Å². The minimum absolute atomic E-state index is 0.0136. The number of nitrogens with one attached hydrogen (secondary N) is 1. The van der Waals surface area contributed by atoms with E-state index in [1.54, 1.807) is 31.2 Å². The topological polar surface area (TPSA) is 111 Å². The highest BCUT2D eigenvalue weighted by Crippen LogP contribution is 2.30. The Bertz CT molecular complexity index is 952. The molecular formula is C21H24ClN3O6. The van der Waals surface area contributed by atoms with E-state index < -0.39 is 16.9 Å². The molecule has 9 nitrogen and oxygen atoms in total. The average molecular weight is 450 g/mol. The Kier molecular flexibility index (Phi) is 8.63. The molecule has 2 aromatic carbocycles. The van der Waals surface area contributed by atoms with Crippen LogP contribution in [0, 0.1) is 10.1 Å². The van der Waals surface area contributed by atoms with Gasteiger partial charge < -0.3 is 19.7 Å². The van der Waals surface area contributed by atoms with Crippen LogP contribution in [0.15, 0.2) is 42.5 Å². The quantitative estimate of drug-likeness (QED) is 0.440. The number of carbonyl (C=O) groups is 2. The Morgan fingerprint density at radius 3 is 2.55 bits per heavy atom. The lowest BCUT2D eigenvalue weighted by atomic mass is 10.1. The zero-order chi connectivity index (χ0) is 23.0. The average Bonchev–Trinajstić information content (AvgIpc) is 2.77. The smallest absolute Gasteiger partial charge is 0.311 e. The van der Waals surface area contributed by atoms with E-state index in [0.717, 1.165) is 0 Å². The zero-order valence-corrected chi connectivity index (χ0v) is 18.2. The molecule has 0 aliphatic heterocycles. The largest absolute Gasteiger partial charge is 0.490 e. The van der Waals surface area contributed by atoms with Crippen LogP contribution in [0.1, 0.15) is 18.9 Å². The van der Waals surface area contributed by atoms with Crippen LogP contribution in [0.5, 0.6) is 11.5 Å². The molecule has 0 unspecified atom stereocenters. The molecule has 1 atom stereocenters. The third-order valence-corrected chi connectivity index (χ3v) is 5.01. The van der Waals surface area contributed by atoms with E-state index in [9.17, 15) is 19.7 Å². The van der Waals surface area contributed by atoms with Crippen molar-refractivity contribution in [3.05, 3.63) is 63.2 Å². The van der Waals surface area contributed by atoms with E-state index in [4.69, 9.17) is 21.1 Å². The highest BCUT2D eigenvalue weighted by atomic mass is 35.5. The number of nitrogens with zero attached hydrogens (tertiary/aromatic N) is 2. The monoisotopic (exact) mass is 449 g/mol. The van der Waals surface area contributed by atoms with Gasteiger partial charge in [0.05, 0.1) is 12.0 Å². The molecule has 0 fully saturated rings. The Morgan fingerprint density at radius 2 is 1.97 bits per heavy atom. The lowest BCUT2D eigenvalue weighted by Crippen LogP contribution is -2.49. The first-order valence-electron chi connectivity index (χ1n) is 9.52. The molecule has 2 rings (SSSR count). The van der Waals surface area contributed by atoms with E-state index in [-0.39, 0.29) is 36.2 Å². The molecule has 0 aliphatic carbocycles. The third kappa shape index (κ3) is 6.08. The first kappa shape index (κ1) is 23.9. The zero-order valence-electron chi connectivity index (χ0n) is 17.5. The number of methoxy groups -OCH3 is 1. The second-order valence-electron chi connectivity index (χ2n) is 6.53. The normalized spacial score (nSPS) is 11.4. The molecule has 2 amide bonds. The van der Waals surface area contributed by atoms with Crippen LogP contribution >= 0.6 is 11.6 Å². The second-order valence-corrected chi connectivity index (χ2v) is 6.94. The molecule has 0 saturated heterocycles. The predicted molar refractivity (Wildman–Crippen MR) is 115 cm³/mol. The summed E-state index contributed by atoms with van der Waals surface area (Å²) in [7, 11) is 2.81. The van der Waals surface area contributed by atoms with Gasteiger partial charge in [0.15, 0.2) is 6.61 Å². The SMILES string of the molecule is CC[C@H](C(=O)NC)N(Cc1ccccc1Cl)C(=O)COc1ccc([N+](=O)[O-])c(OC)c1. The van der Waals surface area contributed by atoms with Crippen molar-refractivity contribution in [2.45, 2.75) is 25.9 Å². The second kappa shape index (κ2) is 11.2. The highest BCUT2D eigenvalue weighted by Gasteiger charge is 2.29. The Hall–Kier alpha value is -3.33. The van der Waals surface area contributed by atoms with Crippen molar-refractivity contribution in [1.29, 1.82) is 0 Å². The number of carbonyl (C=O) groups excluding carboxylic acids is 2. The summed E-state index contributed by atoms with van der Waals surface area (Å²) >= 11 is 6.24. The number of amides is 2. The summed E-state index contributed by atoms with van der Waals surface area (Å²) in [6, 6.07) is 10.3. The molecule has 0 spiro atoms. The lowest BCUT2D eigenvalue weighted by Gasteiger charge is -2.30. The molecule has 10 heteroatoms. The van der Waals surface area contributed by atoms with Crippen LogP contribution in [0.2, 0.25) is 5.02 Å². The number of hydrogen-bond acceptors (Lipinski definition) is 6. The number of nitro benzene ring substituents is 1. The first-order chi connectivity index (χ1) is 14.8. The van der Waals surface area contributed by atoms with E-state index >= 15 is 0 Å². The maximum absolute atomic E-state index is 13.0. The maximum Gasteiger partial charge on any atom is 0.311 e. The van der Waals surface area contributed by atoms with Gasteiger partial charge in [-0.15, -0.1) is 0 Å². The van der Waals surface area contributed by atoms with Crippen LogP contribution in [0.4, 0.5) is 5.69 Å². The van der Waals surface area contributed by atoms with Crippen LogP contribution in [-0.4, -0.2) is 48.4 Å². The van der Waals surface area contributed by atoms with Gasteiger partial charge in [0.25, 0.3) is 5.91 Å². The summed E-state index contributed by atoms with van der Waals surface area (Å²) in [4.78, 5) is 37.2. The molecule has 0 radical (unpaired) electrons. The van der Waals surface area contributed by atoms with E-state index in [0.29, 0.717) is 17.0 Å². The molecule has 0 aliphatic rings. The standard InChI is InChI=1S/C21H24ClN3O6/c1-4-17(21(27)23-2)24(12-14-7-5-6-8-16(14)22)20(26)13-31-15-9-10-18(25(28)29)19(11-15)30-3/h5-11,17H,4,12-13H2,1-3H3,(H,23,27)/t17-/m1/s1. The number of benzene rings is 2. The van der Waals surface area contributed by atoms with Gasteiger partial charge in [0.1, 0.15) is 11.8 Å². The van der Waals surface area contributed by atoms with Crippen molar-refractivity contribution in [2.24, 2.45) is 0 Å². The van der Waals surface area contributed by atoms with Crippen LogP contribution in [-0.2, 0) is 16.1 Å². The van der Waals surface area contributed by atoms with Gasteiger partial charge in [0.2, 0.25) is 11.7 Å². The summed E-state index contributed by atoms with van der Waals surface area (Å²) in [5.41, 5.74) is 0.476. The summed E-state index contributed by atoms with van der Waals surface area (Å²) < 4.78 is 10.6. The molecule has 0 bridgehead atoms. The minimum Gasteiger partial charge on any atom is -0.490 e. The van der Waals surface area contributed by atoms with Crippen molar-refractivity contribution in [3.8, 4) is 11.5 Å². The Morgan fingerprint density at radius 1 is 1.26 bits per heavy atom. The van der Waals surface area contributed by atoms with Gasteiger partial charge in [-0.25, -0.2) is 0 Å².